The van der Waals surface area contributed by atoms with Crippen LogP contribution in [0.25, 0.3) is 0 Å². The summed E-state index contributed by atoms with van der Waals surface area (Å²) in [4.78, 5) is 25.5. The Balaban J connectivity index is 2.39. The van der Waals surface area contributed by atoms with E-state index in [4.69, 9.17) is 23.2 Å². The Morgan fingerprint density at radius 1 is 1.37 bits per heavy atom. The van der Waals surface area contributed by atoms with E-state index in [0.717, 1.165) is 0 Å². The number of amides is 2. The van der Waals surface area contributed by atoms with Crippen molar-refractivity contribution in [3.63, 3.8) is 0 Å². The second-order valence-corrected chi connectivity index (χ2v) is 5.13. The molecule has 19 heavy (non-hydrogen) atoms. The van der Waals surface area contributed by atoms with Crippen LogP contribution in [0.5, 0.6) is 0 Å². The van der Waals surface area contributed by atoms with Crippen molar-refractivity contribution in [2.24, 2.45) is 0 Å². The quantitative estimate of drug-likeness (QED) is 0.913. The predicted molar refractivity (Wildman–Crippen MR) is 75.7 cm³/mol. The van der Waals surface area contributed by atoms with Gasteiger partial charge in [0.1, 0.15) is 6.04 Å². The second kappa shape index (κ2) is 5.80. The van der Waals surface area contributed by atoms with Crippen LogP contribution >= 0.6 is 23.2 Å². The van der Waals surface area contributed by atoms with Crippen molar-refractivity contribution in [2.45, 2.75) is 25.8 Å². The fourth-order valence-electron chi connectivity index (χ4n) is 2.06. The van der Waals surface area contributed by atoms with Crippen LogP contribution in [-0.2, 0) is 9.59 Å². The number of benzene rings is 1. The molecule has 1 unspecified atom stereocenters. The molecule has 1 aromatic carbocycles. The molecule has 0 bridgehead atoms. The molecule has 4 nitrogen and oxygen atoms in total. The van der Waals surface area contributed by atoms with E-state index in [1.54, 1.807) is 18.2 Å². The summed E-state index contributed by atoms with van der Waals surface area (Å²) in [5, 5.41) is 3.43. The first kappa shape index (κ1) is 14.2. The summed E-state index contributed by atoms with van der Waals surface area (Å²) in [7, 11) is 0. The van der Waals surface area contributed by atoms with Gasteiger partial charge in [-0.15, -0.1) is 0 Å². The third kappa shape index (κ3) is 2.85. The van der Waals surface area contributed by atoms with Crippen molar-refractivity contribution in [3.05, 3.63) is 28.2 Å². The minimum atomic E-state index is -0.509. The Morgan fingerprint density at radius 3 is 2.79 bits per heavy atom. The molecule has 1 fully saturated rings. The van der Waals surface area contributed by atoms with Gasteiger partial charge in [-0.25, -0.2) is 0 Å². The van der Waals surface area contributed by atoms with Gasteiger partial charge in [0.15, 0.2) is 0 Å². The highest BCUT2D eigenvalue weighted by Gasteiger charge is 2.30. The number of nitrogens with zero attached hydrogens (tertiary/aromatic N) is 1. The first-order valence-corrected chi connectivity index (χ1v) is 6.85. The Morgan fingerprint density at radius 2 is 2.11 bits per heavy atom. The lowest BCUT2D eigenvalue weighted by Crippen LogP contribution is -2.44. The summed E-state index contributed by atoms with van der Waals surface area (Å²) in [6, 6.07) is 4.62. The first-order chi connectivity index (χ1) is 9.04. The van der Waals surface area contributed by atoms with E-state index < -0.39 is 6.04 Å². The van der Waals surface area contributed by atoms with Crippen LogP contribution in [0.1, 0.15) is 19.8 Å². The van der Waals surface area contributed by atoms with Gasteiger partial charge in [-0.05, 0) is 18.6 Å². The lowest BCUT2D eigenvalue weighted by atomic mass is 10.2. The van der Waals surface area contributed by atoms with Crippen molar-refractivity contribution in [1.82, 2.24) is 5.32 Å². The maximum absolute atomic E-state index is 12.4. The molecule has 0 aliphatic carbocycles. The number of anilines is 1. The van der Waals surface area contributed by atoms with Crippen LogP contribution in [0.15, 0.2) is 18.2 Å². The van der Waals surface area contributed by atoms with Crippen molar-refractivity contribution < 1.29 is 9.59 Å². The minimum absolute atomic E-state index is 0.124. The monoisotopic (exact) mass is 300 g/mol. The van der Waals surface area contributed by atoms with E-state index in [9.17, 15) is 9.59 Å². The summed E-state index contributed by atoms with van der Waals surface area (Å²) >= 11 is 12.1. The second-order valence-electron chi connectivity index (χ2n) is 4.34. The molecule has 1 aromatic rings. The van der Waals surface area contributed by atoms with Crippen molar-refractivity contribution >= 4 is 40.7 Å². The molecule has 2 amide bonds. The Bertz CT molecular complexity index is 519. The summed E-state index contributed by atoms with van der Waals surface area (Å²) in [6.45, 7) is 2.16. The van der Waals surface area contributed by atoms with Crippen LogP contribution in [0.4, 0.5) is 5.69 Å². The Labute approximate surface area is 121 Å². The van der Waals surface area contributed by atoms with Gasteiger partial charge in [-0.1, -0.05) is 36.2 Å². The number of rotatable bonds is 2. The van der Waals surface area contributed by atoms with Gasteiger partial charge in [0.05, 0.1) is 15.7 Å². The molecule has 1 aliphatic rings. The van der Waals surface area contributed by atoms with E-state index in [-0.39, 0.29) is 18.2 Å². The molecule has 1 aliphatic heterocycles. The van der Waals surface area contributed by atoms with Crippen LogP contribution in [0.2, 0.25) is 10.0 Å². The lowest BCUT2D eigenvalue weighted by molar-refractivity contribution is -0.125. The summed E-state index contributed by atoms with van der Waals surface area (Å²) < 4.78 is 0. The molecule has 102 valence electrons. The molecule has 6 heteroatoms. The maximum atomic E-state index is 12.4. The average Bonchev–Trinajstić information content (AvgIpc) is 2.53. The summed E-state index contributed by atoms with van der Waals surface area (Å²) in [5.74, 6) is -0.279. The molecular formula is C13H14Cl2N2O2. The topological polar surface area (TPSA) is 49.4 Å². The molecule has 1 saturated heterocycles. The number of carbonyl (C=O) groups excluding carboxylic acids is 2. The highest BCUT2D eigenvalue weighted by atomic mass is 35.5. The largest absolute Gasteiger partial charge is 0.344 e. The summed E-state index contributed by atoms with van der Waals surface area (Å²) in [5.41, 5.74) is 0.550. The highest BCUT2D eigenvalue weighted by Crippen LogP contribution is 2.33. The average molecular weight is 301 g/mol. The van der Waals surface area contributed by atoms with Crippen LogP contribution in [0, 0.1) is 0 Å². The number of nitrogens with one attached hydrogen (secondary N) is 1. The fourth-order valence-corrected chi connectivity index (χ4v) is 2.45. The standard InChI is InChI=1S/C13H14Cl2N2O2/c1-2-9-13(19)17(7-6-11(18)16-9)10-5-3-4-8(14)12(10)15/h3-5,9H,2,6-7H2,1H3,(H,16,18). The van der Waals surface area contributed by atoms with E-state index in [1.807, 2.05) is 6.92 Å². The van der Waals surface area contributed by atoms with Crippen LogP contribution in [0.3, 0.4) is 0 Å². The molecule has 0 saturated carbocycles. The van der Waals surface area contributed by atoms with Gasteiger partial charge in [-0.3, -0.25) is 9.59 Å². The van der Waals surface area contributed by atoms with Crippen molar-refractivity contribution in [1.29, 1.82) is 0 Å². The van der Waals surface area contributed by atoms with E-state index >= 15 is 0 Å². The third-order valence-corrected chi connectivity index (χ3v) is 3.90. The minimum Gasteiger partial charge on any atom is -0.344 e. The van der Waals surface area contributed by atoms with Crippen LogP contribution < -0.4 is 10.2 Å². The normalized spacial score (nSPS) is 20.2. The predicted octanol–water partition coefficient (Wildman–Crippen LogP) is 2.62. The number of hydrogen-bond acceptors (Lipinski definition) is 2. The first-order valence-electron chi connectivity index (χ1n) is 6.09. The molecular weight excluding hydrogens is 287 g/mol. The van der Waals surface area contributed by atoms with E-state index in [2.05, 4.69) is 5.32 Å². The molecule has 0 spiro atoms. The zero-order valence-electron chi connectivity index (χ0n) is 10.5. The third-order valence-electron chi connectivity index (χ3n) is 3.09. The fraction of sp³-hybridized carbons (Fsp3) is 0.385. The zero-order chi connectivity index (χ0) is 14.0. The van der Waals surface area contributed by atoms with Crippen LogP contribution in [-0.4, -0.2) is 24.4 Å². The Hall–Kier alpha value is -1.26. The van der Waals surface area contributed by atoms with E-state index in [1.165, 1.54) is 4.90 Å². The van der Waals surface area contributed by atoms with Crippen molar-refractivity contribution in [3.8, 4) is 0 Å². The maximum Gasteiger partial charge on any atom is 0.249 e. The van der Waals surface area contributed by atoms with Gasteiger partial charge in [-0.2, -0.15) is 0 Å². The van der Waals surface area contributed by atoms with Gasteiger partial charge in [0, 0.05) is 13.0 Å². The molecule has 1 N–H and O–H groups in total. The molecule has 1 heterocycles. The van der Waals surface area contributed by atoms with Crippen molar-refractivity contribution in [2.75, 3.05) is 11.4 Å². The number of halogens is 2. The Kier molecular flexibility index (Phi) is 4.32. The van der Waals surface area contributed by atoms with Gasteiger partial charge < -0.3 is 10.2 Å². The highest BCUT2D eigenvalue weighted by molar-refractivity contribution is 6.44. The number of hydrogen-bond donors (Lipinski definition) is 1. The lowest BCUT2D eigenvalue weighted by Gasteiger charge is -2.24. The molecule has 0 radical (unpaired) electrons. The van der Waals surface area contributed by atoms with Gasteiger partial charge in [0.2, 0.25) is 11.8 Å². The van der Waals surface area contributed by atoms with E-state index in [0.29, 0.717) is 28.7 Å². The number of carbonyl (C=O) groups is 2. The van der Waals surface area contributed by atoms with Gasteiger partial charge >= 0.3 is 0 Å². The molecule has 2 rings (SSSR count). The van der Waals surface area contributed by atoms with Gasteiger partial charge in [0.25, 0.3) is 0 Å². The SMILES string of the molecule is CCC1NC(=O)CCN(c2cccc(Cl)c2Cl)C1=O. The molecule has 0 aromatic heterocycles. The zero-order valence-corrected chi connectivity index (χ0v) is 12.0. The smallest absolute Gasteiger partial charge is 0.249 e. The molecule has 1 atom stereocenters. The summed E-state index contributed by atoms with van der Waals surface area (Å²) in [6.07, 6.45) is 0.796.